The lowest BCUT2D eigenvalue weighted by Crippen LogP contribution is -2.49. The smallest absolute Gasteiger partial charge is 0.408 e. The molecule has 0 saturated carbocycles. The molecule has 1 aliphatic heterocycles. The highest BCUT2D eigenvalue weighted by molar-refractivity contribution is 5.98. The van der Waals surface area contributed by atoms with Gasteiger partial charge >= 0.3 is 11.9 Å². The number of hydrogen-bond donors (Lipinski definition) is 1. The number of H-pyrrole nitrogens is 1. The van der Waals surface area contributed by atoms with Crippen LogP contribution in [0.4, 0.5) is 13.2 Å². The van der Waals surface area contributed by atoms with Gasteiger partial charge in [-0.2, -0.15) is 13.2 Å². The SMILES string of the molecule is O=C(CCN1CCN(C(=O)CCc2ccc(C(F)(F)F)cc2)CC1)c1ccc2[nH]c(=O)oc2c1. The number of amides is 1. The molecule has 0 unspecified atom stereocenters. The number of ketones is 1. The van der Waals surface area contributed by atoms with Crippen molar-refractivity contribution in [2.75, 3.05) is 32.7 Å². The summed E-state index contributed by atoms with van der Waals surface area (Å²) in [6.45, 7) is 2.93. The Hall–Kier alpha value is -3.40. The predicted octanol–water partition coefficient (Wildman–Crippen LogP) is 3.49. The number of halogens is 3. The molecule has 34 heavy (non-hydrogen) atoms. The first-order valence-electron chi connectivity index (χ1n) is 11.0. The highest BCUT2D eigenvalue weighted by Gasteiger charge is 2.30. The summed E-state index contributed by atoms with van der Waals surface area (Å²) in [5, 5.41) is 0. The third kappa shape index (κ3) is 5.74. The van der Waals surface area contributed by atoms with Gasteiger partial charge in [-0.15, -0.1) is 0 Å². The van der Waals surface area contributed by atoms with Gasteiger partial charge < -0.3 is 9.32 Å². The van der Waals surface area contributed by atoms with Crippen LogP contribution in [0.2, 0.25) is 0 Å². The topological polar surface area (TPSA) is 86.6 Å². The number of alkyl halides is 3. The molecule has 3 aromatic rings. The third-order valence-electron chi connectivity index (χ3n) is 6.03. The number of rotatable bonds is 7. The van der Waals surface area contributed by atoms with Crippen LogP contribution in [-0.4, -0.2) is 59.2 Å². The molecule has 1 fully saturated rings. The molecule has 1 saturated heterocycles. The average molecular weight is 475 g/mol. The van der Waals surface area contributed by atoms with Gasteiger partial charge in [0.2, 0.25) is 5.91 Å². The number of aryl methyl sites for hydroxylation is 1. The Morgan fingerprint density at radius 3 is 2.35 bits per heavy atom. The van der Waals surface area contributed by atoms with E-state index >= 15 is 0 Å². The van der Waals surface area contributed by atoms with Gasteiger partial charge in [-0.05, 0) is 42.3 Å². The highest BCUT2D eigenvalue weighted by atomic mass is 19.4. The molecule has 0 radical (unpaired) electrons. The molecular weight excluding hydrogens is 451 g/mol. The predicted molar refractivity (Wildman–Crippen MR) is 119 cm³/mol. The van der Waals surface area contributed by atoms with Gasteiger partial charge in [-0.1, -0.05) is 12.1 Å². The van der Waals surface area contributed by atoms with Gasteiger partial charge in [0.1, 0.15) is 0 Å². The Labute approximate surface area is 193 Å². The number of aromatic amines is 1. The number of benzene rings is 2. The molecule has 0 atom stereocenters. The molecule has 1 N–H and O–H groups in total. The van der Waals surface area contributed by atoms with E-state index in [0.29, 0.717) is 67.8 Å². The number of carbonyl (C=O) groups is 2. The Kier molecular flexibility index (Phi) is 6.87. The number of fused-ring (bicyclic) bond motifs is 1. The normalized spacial score (nSPS) is 15.1. The van der Waals surface area contributed by atoms with E-state index in [9.17, 15) is 27.6 Å². The van der Waals surface area contributed by atoms with Crippen LogP contribution in [0.3, 0.4) is 0 Å². The molecule has 180 valence electrons. The molecule has 10 heteroatoms. The van der Waals surface area contributed by atoms with Crippen molar-refractivity contribution in [3.8, 4) is 0 Å². The molecule has 0 bridgehead atoms. The summed E-state index contributed by atoms with van der Waals surface area (Å²) in [5.41, 5.74) is 1.36. The molecule has 4 rings (SSSR count). The van der Waals surface area contributed by atoms with Crippen LogP contribution in [0.15, 0.2) is 51.7 Å². The molecule has 1 aliphatic rings. The van der Waals surface area contributed by atoms with Crippen molar-refractivity contribution < 1.29 is 27.2 Å². The number of Topliss-reactive ketones (excluding diaryl/α,β-unsaturated/α-hetero) is 1. The minimum absolute atomic E-state index is 0.0306. The summed E-state index contributed by atoms with van der Waals surface area (Å²) >= 11 is 0. The van der Waals surface area contributed by atoms with E-state index < -0.39 is 17.5 Å². The quantitative estimate of drug-likeness (QED) is 0.529. The van der Waals surface area contributed by atoms with Crippen molar-refractivity contribution in [3.05, 3.63) is 69.7 Å². The van der Waals surface area contributed by atoms with Crippen molar-refractivity contribution in [1.29, 1.82) is 0 Å². The van der Waals surface area contributed by atoms with Gasteiger partial charge in [-0.3, -0.25) is 19.5 Å². The minimum Gasteiger partial charge on any atom is -0.408 e. The average Bonchev–Trinajstić information content (AvgIpc) is 3.20. The fourth-order valence-corrected chi connectivity index (χ4v) is 4.01. The van der Waals surface area contributed by atoms with E-state index in [2.05, 4.69) is 9.88 Å². The summed E-state index contributed by atoms with van der Waals surface area (Å²) in [6.07, 6.45) is -3.44. The van der Waals surface area contributed by atoms with Gasteiger partial charge in [0.05, 0.1) is 11.1 Å². The minimum atomic E-state index is -4.37. The zero-order chi connectivity index (χ0) is 24.3. The lowest BCUT2D eigenvalue weighted by molar-refractivity contribution is -0.137. The first kappa shape index (κ1) is 23.7. The molecule has 2 aromatic carbocycles. The number of nitrogens with zero attached hydrogens (tertiary/aromatic N) is 2. The Morgan fingerprint density at radius 2 is 1.68 bits per heavy atom. The van der Waals surface area contributed by atoms with Gasteiger partial charge in [0.15, 0.2) is 11.4 Å². The first-order chi connectivity index (χ1) is 16.2. The maximum absolute atomic E-state index is 12.7. The Morgan fingerprint density at radius 1 is 0.971 bits per heavy atom. The van der Waals surface area contributed by atoms with Gasteiger partial charge in [0.25, 0.3) is 0 Å². The lowest BCUT2D eigenvalue weighted by atomic mass is 10.1. The molecule has 0 aliphatic carbocycles. The standard InChI is InChI=1S/C24H24F3N3O4/c25-24(26,27)18-5-1-16(2-6-18)3-8-22(32)30-13-11-29(12-14-30)10-9-20(31)17-4-7-19-21(15-17)34-23(33)28-19/h1-2,4-7,15H,3,8-14H2,(H,28,33). The number of piperazine rings is 1. The molecule has 1 aromatic heterocycles. The largest absolute Gasteiger partial charge is 0.417 e. The van der Waals surface area contributed by atoms with Crippen LogP contribution in [-0.2, 0) is 17.4 Å². The fourth-order valence-electron chi connectivity index (χ4n) is 4.01. The van der Waals surface area contributed by atoms with Crippen molar-refractivity contribution in [2.24, 2.45) is 0 Å². The van der Waals surface area contributed by atoms with Crippen molar-refractivity contribution >= 4 is 22.8 Å². The van der Waals surface area contributed by atoms with Gasteiger partial charge in [-0.25, -0.2) is 4.79 Å². The van der Waals surface area contributed by atoms with Crippen LogP contribution >= 0.6 is 0 Å². The van der Waals surface area contributed by atoms with Crippen molar-refractivity contribution in [2.45, 2.75) is 25.4 Å². The summed E-state index contributed by atoms with van der Waals surface area (Å²) in [7, 11) is 0. The van der Waals surface area contributed by atoms with Crippen LogP contribution in [0.5, 0.6) is 0 Å². The number of aromatic nitrogens is 1. The van der Waals surface area contributed by atoms with Crippen LogP contribution in [0.1, 0.15) is 34.3 Å². The van der Waals surface area contributed by atoms with E-state index in [4.69, 9.17) is 4.42 Å². The Balaban J connectivity index is 1.20. The monoisotopic (exact) mass is 475 g/mol. The number of nitrogens with one attached hydrogen (secondary N) is 1. The second-order valence-corrected chi connectivity index (χ2v) is 8.32. The summed E-state index contributed by atoms with van der Waals surface area (Å²) in [6, 6.07) is 9.74. The molecular formula is C24H24F3N3O4. The zero-order valence-electron chi connectivity index (χ0n) is 18.4. The van der Waals surface area contributed by atoms with Crippen LogP contribution in [0.25, 0.3) is 11.1 Å². The number of hydrogen-bond acceptors (Lipinski definition) is 5. The van der Waals surface area contributed by atoms with E-state index in [0.717, 1.165) is 12.1 Å². The lowest BCUT2D eigenvalue weighted by Gasteiger charge is -2.34. The number of oxazole rings is 1. The molecule has 2 heterocycles. The second-order valence-electron chi connectivity index (χ2n) is 8.32. The Bertz CT molecular complexity index is 1220. The second kappa shape index (κ2) is 9.84. The van der Waals surface area contributed by atoms with Gasteiger partial charge in [0, 0.05) is 51.1 Å². The summed E-state index contributed by atoms with van der Waals surface area (Å²) < 4.78 is 43.0. The number of carbonyl (C=O) groups excluding carboxylic acids is 2. The van der Waals surface area contributed by atoms with Crippen molar-refractivity contribution in [3.63, 3.8) is 0 Å². The van der Waals surface area contributed by atoms with E-state index in [-0.39, 0.29) is 18.1 Å². The van der Waals surface area contributed by atoms with E-state index in [1.807, 2.05) is 0 Å². The van der Waals surface area contributed by atoms with E-state index in [1.54, 1.807) is 23.1 Å². The summed E-state index contributed by atoms with van der Waals surface area (Å²) in [4.78, 5) is 42.7. The molecule has 0 spiro atoms. The van der Waals surface area contributed by atoms with Crippen LogP contribution in [0, 0.1) is 0 Å². The first-order valence-corrected chi connectivity index (χ1v) is 11.0. The summed E-state index contributed by atoms with van der Waals surface area (Å²) in [5.74, 6) is -0.649. The van der Waals surface area contributed by atoms with Crippen molar-refractivity contribution in [1.82, 2.24) is 14.8 Å². The zero-order valence-corrected chi connectivity index (χ0v) is 18.4. The van der Waals surface area contributed by atoms with Crippen LogP contribution < -0.4 is 5.76 Å². The highest BCUT2D eigenvalue weighted by Crippen LogP contribution is 2.29. The maximum atomic E-state index is 12.7. The maximum Gasteiger partial charge on any atom is 0.417 e. The van der Waals surface area contributed by atoms with E-state index in [1.165, 1.54) is 12.1 Å². The molecule has 1 amide bonds. The molecule has 7 nitrogen and oxygen atoms in total. The third-order valence-corrected chi connectivity index (χ3v) is 6.03. The fraction of sp³-hybridized carbons (Fsp3) is 0.375.